The quantitative estimate of drug-likeness (QED) is 0.0569. The van der Waals surface area contributed by atoms with Gasteiger partial charge in [0.05, 0.1) is 0 Å². The Bertz CT molecular complexity index is 596. The molecule has 0 saturated carbocycles. The molecule has 0 aliphatic heterocycles. The second kappa shape index (κ2) is 54.6. The predicted molar refractivity (Wildman–Crippen MR) is 218 cm³/mol. The fourth-order valence-electron chi connectivity index (χ4n) is 6.33. The van der Waals surface area contributed by atoms with Crippen molar-refractivity contribution in [1.29, 1.82) is 0 Å². The molecule has 52 heavy (non-hydrogen) atoms. The van der Waals surface area contributed by atoms with Crippen LogP contribution in [0.5, 0.6) is 0 Å². The number of aliphatic carboxylic acids is 3. The summed E-state index contributed by atoms with van der Waals surface area (Å²) in [5, 5.41) is 30.5. The molecule has 0 saturated heterocycles. The number of carbonyl (C=O) groups excluding carboxylic acids is 3. The van der Waals surface area contributed by atoms with Gasteiger partial charge in [0.1, 0.15) is 0 Å². The van der Waals surface area contributed by atoms with Crippen molar-refractivity contribution in [1.82, 2.24) is 0 Å². The van der Waals surface area contributed by atoms with Crippen LogP contribution < -0.4 is 15.3 Å². The summed E-state index contributed by atoms with van der Waals surface area (Å²) in [7, 11) is 0. The molecule has 0 radical (unpaired) electrons. The maximum atomic E-state index is 10.2. The van der Waals surface area contributed by atoms with Gasteiger partial charge in [-0.1, -0.05) is 233 Å². The van der Waals surface area contributed by atoms with E-state index in [1.54, 1.807) is 0 Å². The van der Waals surface area contributed by atoms with E-state index in [9.17, 15) is 29.7 Å². The minimum atomic E-state index is -0.905. The van der Waals surface area contributed by atoms with Crippen molar-refractivity contribution < 1.29 is 29.7 Å². The Morgan fingerprint density at radius 2 is 0.365 bits per heavy atom. The van der Waals surface area contributed by atoms with E-state index in [-0.39, 0.29) is 45.1 Å². The average Bonchev–Trinajstić information content (AvgIpc) is 3.10. The maximum absolute atomic E-state index is 10.2. The Morgan fingerprint density at radius 3 is 0.481 bits per heavy atom. The van der Waals surface area contributed by atoms with E-state index in [0.717, 1.165) is 38.5 Å². The molecule has 0 aromatic carbocycles. The summed E-state index contributed by atoms with van der Waals surface area (Å²) < 4.78 is 0. The number of hydrogen-bond donors (Lipinski definition) is 0. The van der Waals surface area contributed by atoms with Crippen LogP contribution in [-0.4, -0.2) is 43.8 Å². The van der Waals surface area contributed by atoms with Crippen LogP contribution in [0.2, 0.25) is 0 Å². The number of carbonyl (C=O) groups is 3. The second-order valence-electron chi connectivity index (χ2n) is 15.0. The van der Waals surface area contributed by atoms with Gasteiger partial charge in [-0.25, -0.2) is 0 Å². The van der Waals surface area contributed by atoms with Crippen LogP contribution >= 0.6 is 0 Å². The Morgan fingerprint density at radius 1 is 0.250 bits per heavy atom. The molecular formula is C45H87InO6. The predicted octanol–water partition coefficient (Wildman–Crippen LogP) is 11.1. The van der Waals surface area contributed by atoms with Crippen LogP contribution in [0.4, 0.5) is 0 Å². The van der Waals surface area contributed by atoms with Crippen LogP contribution in [-0.2, 0) is 14.4 Å². The van der Waals surface area contributed by atoms with Gasteiger partial charge in [0.25, 0.3) is 0 Å². The molecule has 0 amide bonds. The molecule has 0 N–H and O–H groups in total. The van der Waals surface area contributed by atoms with Crippen molar-refractivity contribution in [2.24, 2.45) is 0 Å². The number of carboxylic acid groups (broad SMARTS) is 3. The van der Waals surface area contributed by atoms with Crippen molar-refractivity contribution in [3.05, 3.63) is 0 Å². The number of carboxylic acids is 3. The number of hydrogen-bond acceptors (Lipinski definition) is 6. The molecule has 0 spiro atoms. The van der Waals surface area contributed by atoms with Gasteiger partial charge in [-0.2, -0.15) is 0 Å². The fraction of sp³-hybridized carbons (Fsp3) is 0.933. The monoisotopic (exact) mass is 839 g/mol. The van der Waals surface area contributed by atoms with Crippen molar-refractivity contribution in [3.8, 4) is 0 Å². The first-order valence-corrected chi connectivity index (χ1v) is 22.4. The molecule has 0 rings (SSSR count). The van der Waals surface area contributed by atoms with Gasteiger partial charge in [0.15, 0.2) is 0 Å². The summed E-state index contributed by atoms with van der Waals surface area (Å²) in [6, 6.07) is 0. The van der Waals surface area contributed by atoms with Gasteiger partial charge in [0.2, 0.25) is 0 Å². The molecular weight excluding hydrogens is 751 g/mol. The van der Waals surface area contributed by atoms with Gasteiger partial charge in [0, 0.05) is 17.9 Å². The Balaban J connectivity index is -0.000000329. The van der Waals surface area contributed by atoms with Crippen molar-refractivity contribution >= 4 is 43.8 Å². The van der Waals surface area contributed by atoms with E-state index >= 15 is 0 Å². The minimum absolute atomic E-state index is 0. The molecule has 7 heteroatoms. The standard InChI is InChI=1S/3C15H30O2.In/c3*1-2-3-4-5-6-7-8-9-10-11-12-13-14-15(16)17;/h3*2-14H2,1H3,(H,16,17);/q;;;+3/p-3. The topological polar surface area (TPSA) is 120 Å². The van der Waals surface area contributed by atoms with Gasteiger partial charge < -0.3 is 29.7 Å². The van der Waals surface area contributed by atoms with Crippen molar-refractivity contribution in [2.45, 2.75) is 271 Å². The summed E-state index contributed by atoms with van der Waals surface area (Å²) in [5.41, 5.74) is 0. The van der Waals surface area contributed by atoms with E-state index in [0.29, 0.717) is 0 Å². The number of rotatable bonds is 39. The Labute approximate surface area is 343 Å². The fourth-order valence-corrected chi connectivity index (χ4v) is 6.33. The Hall–Kier alpha value is -0.720. The molecule has 0 unspecified atom stereocenters. The third kappa shape index (κ3) is 67.4. The van der Waals surface area contributed by atoms with Crippen molar-refractivity contribution in [2.75, 3.05) is 0 Å². The molecule has 0 aromatic rings. The van der Waals surface area contributed by atoms with E-state index < -0.39 is 17.9 Å². The zero-order chi connectivity index (χ0) is 38.3. The zero-order valence-electron chi connectivity index (χ0n) is 35.1. The van der Waals surface area contributed by atoms with E-state index in [4.69, 9.17) is 0 Å². The average molecular weight is 839 g/mol. The molecule has 306 valence electrons. The summed E-state index contributed by atoms with van der Waals surface area (Å²) in [6.45, 7) is 6.75. The van der Waals surface area contributed by atoms with Crippen LogP contribution in [0, 0.1) is 0 Å². The largest absolute Gasteiger partial charge is 3.00 e. The molecule has 0 fully saturated rings. The molecule has 0 aliphatic rings. The Kier molecular flexibility index (Phi) is 60.9. The van der Waals surface area contributed by atoms with Gasteiger partial charge >= 0.3 is 25.8 Å². The van der Waals surface area contributed by atoms with E-state index in [1.807, 2.05) is 0 Å². The van der Waals surface area contributed by atoms with Gasteiger partial charge in [-0.15, -0.1) is 0 Å². The first kappa shape index (κ1) is 58.0. The number of unbranched alkanes of at least 4 members (excludes halogenated alkanes) is 33. The maximum Gasteiger partial charge on any atom is 3.00 e. The first-order chi connectivity index (χ1) is 24.8. The van der Waals surface area contributed by atoms with E-state index in [2.05, 4.69) is 20.8 Å². The van der Waals surface area contributed by atoms with Gasteiger partial charge in [-0.05, 0) is 38.5 Å². The van der Waals surface area contributed by atoms with Gasteiger partial charge in [-0.3, -0.25) is 0 Å². The molecule has 0 aliphatic carbocycles. The van der Waals surface area contributed by atoms with Crippen molar-refractivity contribution in [3.63, 3.8) is 0 Å². The summed E-state index contributed by atoms with van der Waals surface area (Å²) >= 11 is 0. The third-order valence-corrected chi connectivity index (χ3v) is 9.70. The van der Waals surface area contributed by atoms with Crippen LogP contribution in [0.25, 0.3) is 0 Å². The van der Waals surface area contributed by atoms with E-state index in [1.165, 1.54) is 193 Å². The molecule has 0 heterocycles. The zero-order valence-corrected chi connectivity index (χ0v) is 38.4. The third-order valence-electron chi connectivity index (χ3n) is 9.70. The molecule has 0 bridgehead atoms. The minimum Gasteiger partial charge on any atom is -0.550 e. The summed E-state index contributed by atoms with van der Waals surface area (Å²) in [4.78, 5) is 30.5. The normalized spacial score (nSPS) is 10.4. The smallest absolute Gasteiger partial charge is 0.550 e. The molecule has 0 atom stereocenters. The SMILES string of the molecule is CCCCCCCCCCCCCCC(=O)[O-].CCCCCCCCCCCCCCC(=O)[O-].CCCCCCCCCCCCCCC(=O)[O-].[In+3]. The summed E-state index contributed by atoms with van der Waals surface area (Å²) in [5.74, 6) is -2.72. The first-order valence-electron chi connectivity index (χ1n) is 22.4. The van der Waals surface area contributed by atoms with Crippen LogP contribution in [0.3, 0.4) is 0 Å². The molecule has 6 nitrogen and oxygen atoms in total. The second-order valence-corrected chi connectivity index (χ2v) is 15.0. The van der Waals surface area contributed by atoms with Crippen LogP contribution in [0.15, 0.2) is 0 Å². The summed E-state index contributed by atoms with van der Waals surface area (Å²) in [6.07, 6.45) is 46.4. The van der Waals surface area contributed by atoms with Crippen LogP contribution in [0.1, 0.15) is 271 Å². The molecule has 0 aromatic heterocycles.